The minimum absolute atomic E-state index is 0.00238. The van der Waals surface area contributed by atoms with Crippen LogP contribution in [0.2, 0.25) is 5.02 Å². The first-order valence-corrected chi connectivity index (χ1v) is 17.0. The Hall–Kier alpha value is -5.18. The zero-order valence-corrected chi connectivity index (χ0v) is 28.5. The molecule has 0 bridgehead atoms. The number of nitrogens with zero attached hydrogens (tertiary/aromatic N) is 5. The average Bonchev–Trinajstić information content (AvgIpc) is 3.37. The van der Waals surface area contributed by atoms with Gasteiger partial charge in [0.2, 0.25) is 11.8 Å². The number of halogens is 2. The molecule has 0 aliphatic carbocycles. The van der Waals surface area contributed by atoms with Gasteiger partial charge in [-0.3, -0.25) is 34.3 Å². The van der Waals surface area contributed by atoms with E-state index in [2.05, 4.69) is 30.4 Å². The second-order valence-electron chi connectivity index (χ2n) is 12.6. The van der Waals surface area contributed by atoms with Gasteiger partial charge >= 0.3 is 0 Å². The van der Waals surface area contributed by atoms with Gasteiger partial charge in [0.25, 0.3) is 11.8 Å². The number of ether oxygens (including phenoxy) is 2. The van der Waals surface area contributed by atoms with Gasteiger partial charge in [0, 0.05) is 62.8 Å². The van der Waals surface area contributed by atoms with Crippen molar-refractivity contribution < 1.29 is 33.0 Å². The van der Waals surface area contributed by atoms with E-state index in [1.807, 2.05) is 12.1 Å². The highest BCUT2D eigenvalue weighted by Crippen LogP contribution is 2.35. The molecule has 2 fully saturated rings. The quantitative estimate of drug-likeness (QED) is 0.171. The predicted molar refractivity (Wildman–Crippen MR) is 186 cm³/mol. The molecule has 3 aliphatic heterocycles. The molecule has 0 saturated carbocycles. The van der Waals surface area contributed by atoms with Crippen molar-refractivity contribution in [1.29, 1.82) is 0 Å². The van der Waals surface area contributed by atoms with E-state index >= 15 is 0 Å². The van der Waals surface area contributed by atoms with E-state index in [1.165, 1.54) is 18.5 Å². The maximum absolute atomic E-state index is 13.7. The summed E-state index contributed by atoms with van der Waals surface area (Å²) in [5.41, 5.74) is 2.72. The van der Waals surface area contributed by atoms with Crippen LogP contribution in [0.4, 0.5) is 15.9 Å². The minimum Gasteiger partial charge on any atom is -0.493 e. The third kappa shape index (κ3) is 7.20. The lowest BCUT2D eigenvalue weighted by Crippen LogP contribution is -2.54. The normalized spacial score (nSPS) is 18.3. The van der Waals surface area contributed by atoms with Gasteiger partial charge in [-0.05, 0) is 54.8 Å². The molecule has 4 heterocycles. The summed E-state index contributed by atoms with van der Waals surface area (Å²) in [7, 11) is 1.57. The molecule has 2 N–H and O–H groups in total. The molecule has 51 heavy (non-hydrogen) atoms. The molecule has 7 rings (SSSR count). The van der Waals surface area contributed by atoms with E-state index in [0.29, 0.717) is 52.6 Å². The highest BCUT2D eigenvalue weighted by Gasteiger charge is 2.44. The number of carbonyl (C=O) groups is 4. The lowest BCUT2D eigenvalue weighted by Gasteiger charge is -2.34. The number of rotatable bonds is 11. The highest BCUT2D eigenvalue weighted by molar-refractivity contribution is 6.31. The molecule has 2 saturated heterocycles. The maximum atomic E-state index is 13.7. The monoisotopic (exact) mass is 715 g/mol. The van der Waals surface area contributed by atoms with E-state index in [9.17, 15) is 23.6 Å². The first kappa shape index (κ1) is 34.3. The Morgan fingerprint density at radius 3 is 2.49 bits per heavy atom. The largest absolute Gasteiger partial charge is 0.493 e. The van der Waals surface area contributed by atoms with Crippen LogP contribution in [0.3, 0.4) is 0 Å². The summed E-state index contributed by atoms with van der Waals surface area (Å²) in [6, 6.07) is 12.2. The SMILES string of the molecule is COc1cc2ncnc(Nc3ccc(F)c(Cl)c3)c2cc1OCCCN1CCN(Cc2ccc3c(c2)C(=O)N(C2CCC(=O)NC2=O)C3=O)CC1. The average molecular weight is 716 g/mol. The Balaban J connectivity index is 0.905. The summed E-state index contributed by atoms with van der Waals surface area (Å²) < 4.78 is 25.4. The van der Waals surface area contributed by atoms with Crippen molar-refractivity contribution in [3.05, 3.63) is 82.4 Å². The molecular formula is C36H35ClFN7O6. The first-order valence-electron chi connectivity index (χ1n) is 16.7. The van der Waals surface area contributed by atoms with Crippen molar-refractivity contribution in [3.8, 4) is 11.5 Å². The zero-order chi connectivity index (χ0) is 35.6. The topological polar surface area (TPSA) is 146 Å². The van der Waals surface area contributed by atoms with Crippen LogP contribution >= 0.6 is 11.6 Å². The van der Waals surface area contributed by atoms with E-state index < -0.39 is 35.5 Å². The number of hydrogen-bond acceptors (Lipinski definition) is 11. The van der Waals surface area contributed by atoms with Crippen LogP contribution in [-0.2, 0) is 16.1 Å². The van der Waals surface area contributed by atoms with Crippen LogP contribution in [0.25, 0.3) is 10.9 Å². The van der Waals surface area contributed by atoms with E-state index in [1.54, 1.807) is 31.4 Å². The Labute approximate surface area is 297 Å². The van der Waals surface area contributed by atoms with Crippen LogP contribution in [0.5, 0.6) is 11.5 Å². The van der Waals surface area contributed by atoms with Crippen LogP contribution < -0.4 is 20.1 Å². The highest BCUT2D eigenvalue weighted by atomic mass is 35.5. The van der Waals surface area contributed by atoms with Crippen molar-refractivity contribution in [3.63, 3.8) is 0 Å². The minimum atomic E-state index is -0.981. The van der Waals surface area contributed by atoms with Crippen molar-refractivity contribution in [2.45, 2.75) is 31.8 Å². The van der Waals surface area contributed by atoms with Crippen molar-refractivity contribution in [1.82, 2.24) is 30.0 Å². The van der Waals surface area contributed by atoms with Crippen molar-refractivity contribution >= 4 is 57.6 Å². The molecule has 15 heteroatoms. The van der Waals surface area contributed by atoms with Gasteiger partial charge in [0.1, 0.15) is 24.0 Å². The Morgan fingerprint density at radius 2 is 1.73 bits per heavy atom. The summed E-state index contributed by atoms with van der Waals surface area (Å²) >= 11 is 5.96. The fourth-order valence-corrected chi connectivity index (χ4v) is 6.84. The molecule has 3 aromatic carbocycles. The lowest BCUT2D eigenvalue weighted by atomic mass is 10.0. The number of piperidine rings is 1. The number of carbonyl (C=O) groups excluding carboxylic acids is 4. The van der Waals surface area contributed by atoms with Gasteiger partial charge < -0.3 is 19.7 Å². The molecule has 1 atom stereocenters. The number of nitrogens with one attached hydrogen (secondary N) is 2. The summed E-state index contributed by atoms with van der Waals surface area (Å²) in [5, 5.41) is 6.11. The van der Waals surface area contributed by atoms with Gasteiger partial charge in [0.15, 0.2) is 11.5 Å². The van der Waals surface area contributed by atoms with E-state index in [0.717, 1.165) is 49.6 Å². The second-order valence-corrected chi connectivity index (χ2v) is 13.1. The summed E-state index contributed by atoms with van der Waals surface area (Å²) in [6.07, 6.45) is 2.43. The van der Waals surface area contributed by atoms with Gasteiger partial charge in [-0.2, -0.15) is 0 Å². The molecule has 4 aromatic rings. The van der Waals surface area contributed by atoms with E-state index in [-0.39, 0.29) is 23.4 Å². The van der Waals surface area contributed by atoms with Gasteiger partial charge in [0.05, 0.1) is 35.4 Å². The number of aromatic nitrogens is 2. The van der Waals surface area contributed by atoms with Gasteiger partial charge in [-0.1, -0.05) is 17.7 Å². The molecule has 4 amide bonds. The number of imide groups is 2. The Bertz CT molecular complexity index is 2040. The zero-order valence-electron chi connectivity index (χ0n) is 27.8. The van der Waals surface area contributed by atoms with Gasteiger partial charge in [-0.15, -0.1) is 0 Å². The summed E-state index contributed by atoms with van der Waals surface area (Å²) in [6.45, 7) is 5.33. The number of amides is 4. The third-order valence-corrected chi connectivity index (χ3v) is 9.64. The number of piperazine rings is 1. The van der Waals surface area contributed by atoms with Crippen LogP contribution in [0.1, 0.15) is 45.5 Å². The van der Waals surface area contributed by atoms with Crippen LogP contribution in [0, 0.1) is 5.82 Å². The third-order valence-electron chi connectivity index (χ3n) is 9.35. The molecular weight excluding hydrogens is 681 g/mol. The maximum Gasteiger partial charge on any atom is 0.262 e. The lowest BCUT2D eigenvalue weighted by molar-refractivity contribution is -0.136. The van der Waals surface area contributed by atoms with Crippen molar-refractivity contribution in [2.24, 2.45) is 0 Å². The Morgan fingerprint density at radius 1 is 0.941 bits per heavy atom. The predicted octanol–water partition coefficient (Wildman–Crippen LogP) is 4.16. The molecule has 3 aliphatic rings. The number of anilines is 2. The Kier molecular flexibility index (Phi) is 9.80. The first-order chi connectivity index (χ1) is 24.7. The van der Waals surface area contributed by atoms with Gasteiger partial charge in [-0.25, -0.2) is 14.4 Å². The number of benzene rings is 3. The number of hydrogen-bond donors (Lipinski definition) is 2. The molecule has 264 valence electrons. The molecule has 1 aromatic heterocycles. The summed E-state index contributed by atoms with van der Waals surface area (Å²) in [5.74, 6) is -0.911. The van der Waals surface area contributed by atoms with Crippen LogP contribution in [-0.4, -0.2) is 101 Å². The van der Waals surface area contributed by atoms with E-state index in [4.69, 9.17) is 21.1 Å². The number of fused-ring (bicyclic) bond motifs is 2. The molecule has 13 nitrogen and oxygen atoms in total. The molecule has 1 unspecified atom stereocenters. The summed E-state index contributed by atoms with van der Waals surface area (Å²) in [4.78, 5) is 64.6. The standard InChI is InChI=1S/C36H35ClFN7O6/c1-50-30-18-28-25(33(40-20-39-28)41-22-4-6-27(38)26(37)16-22)17-31(30)51-14-2-9-43-10-12-44(13-11-43)19-21-3-5-23-24(15-21)36(49)45(35(23)48)29-7-8-32(46)42-34(29)47/h3-6,15-18,20,29H,2,7-14,19H2,1H3,(H,39,40,41)(H,42,46,47). The molecule has 0 radical (unpaired) electrons. The molecule has 0 spiro atoms. The smallest absolute Gasteiger partial charge is 0.262 e. The van der Waals surface area contributed by atoms with Crippen LogP contribution in [0.15, 0.2) is 54.9 Å². The fourth-order valence-electron chi connectivity index (χ4n) is 6.66. The second kappa shape index (κ2) is 14.6. The fraction of sp³-hybridized carbons (Fsp3) is 0.333. The number of methoxy groups -OCH3 is 1. The van der Waals surface area contributed by atoms with Crippen molar-refractivity contribution in [2.75, 3.05) is 51.8 Å².